The van der Waals surface area contributed by atoms with E-state index >= 15 is 0 Å². The van der Waals surface area contributed by atoms with Crippen molar-refractivity contribution in [2.45, 2.75) is 6.54 Å². The van der Waals surface area contributed by atoms with Crippen LogP contribution in [0.25, 0.3) is 0 Å². The lowest BCUT2D eigenvalue weighted by molar-refractivity contribution is 0.425. The molecular formula is C8H12BNO4S. The normalized spacial score (nSPS) is 11.4. The molecule has 5 nitrogen and oxygen atoms in total. The van der Waals surface area contributed by atoms with E-state index in [4.69, 9.17) is 10.0 Å². The van der Waals surface area contributed by atoms with Crippen LogP contribution in [-0.2, 0) is 16.6 Å². The molecule has 0 aliphatic carbocycles. The van der Waals surface area contributed by atoms with Crippen molar-refractivity contribution in [3.63, 3.8) is 0 Å². The van der Waals surface area contributed by atoms with Crippen LogP contribution in [0.1, 0.15) is 5.56 Å². The lowest BCUT2D eigenvalue weighted by Crippen LogP contribution is -2.35. The Bertz CT molecular complexity index is 432. The van der Waals surface area contributed by atoms with E-state index in [9.17, 15) is 8.42 Å². The van der Waals surface area contributed by atoms with E-state index in [1.54, 1.807) is 18.2 Å². The molecule has 0 atom stereocenters. The summed E-state index contributed by atoms with van der Waals surface area (Å²) in [7, 11) is -4.87. The Morgan fingerprint density at radius 3 is 2.47 bits per heavy atom. The maximum Gasteiger partial charge on any atom is 0.488 e. The van der Waals surface area contributed by atoms with Gasteiger partial charge in [0, 0.05) is 6.54 Å². The highest BCUT2D eigenvalue weighted by atomic mass is 32.2. The zero-order valence-electron chi connectivity index (χ0n) is 8.21. The van der Waals surface area contributed by atoms with Crippen molar-refractivity contribution in [2.75, 3.05) is 6.26 Å². The molecule has 1 aromatic rings. The molecule has 7 heteroatoms. The number of sulfonamides is 1. The van der Waals surface area contributed by atoms with Crippen LogP contribution in [0.3, 0.4) is 0 Å². The molecule has 0 aromatic heterocycles. The van der Waals surface area contributed by atoms with Gasteiger partial charge in [0.15, 0.2) is 0 Å². The van der Waals surface area contributed by atoms with Crippen LogP contribution in [-0.4, -0.2) is 31.8 Å². The first-order valence-electron chi connectivity index (χ1n) is 4.29. The number of hydrogen-bond acceptors (Lipinski definition) is 4. The third-order valence-electron chi connectivity index (χ3n) is 1.86. The Hall–Kier alpha value is -0.885. The highest BCUT2D eigenvalue weighted by molar-refractivity contribution is 7.88. The van der Waals surface area contributed by atoms with Crippen molar-refractivity contribution >= 4 is 22.6 Å². The Balaban J connectivity index is 2.85. The Morgan fingerprint density at radius 2 is 1.93 bits per heavy atom. The van der Waals surface area contributed by atoms with E-state index in [1.807, 2.05) is 0 Å². The lowest BCUT2D eigenvalue weighted by atomic mass is 9.77. The van der Waals surface area contributed by atoms with Crippen LogP contribution >= 0.6 is 0 Å². The van der Waals surface area contributed by atoms with E-state index in [0.29, 0.717) is 11.0 Å². The highest BCUT2D eigenvalue weighted by Crippen LogP contribution is 1.97. The second-order valence-electron chi connectivity index (χ2n) is 3.17. The largest absolute Gasteiger partial charge is 0.488 e. The first-order chi connectivity index (χ1) is 6.90. The molecule has 3 N–H and O–H groups in total. The predicted molar refractivity (Wildman–Crippen MR) is 58.0 cm³/mol. The lowest BCUT2D eigenvalue weighted by Gasteiger charge is -2.08. The smallest absolute Gasteiger partial charge is 0.423 e. The van der Waals surface area contributed by atoms with E-state index in [2.05, 4.69) is 4.72 Å². The van der Waals surface area contributed by atoms with Gasteiger partial charge in [-0.3, -0.25) is 0 Å². The number of hydrogen-bond donors (Lipinski definition) is 3. The summed E-state index contributed by atoms with van der Waals surface area (Å²) < 4.78 is 24.0. The molecule has 0 heterocycles. The minimum absolute atomic E-state index is 0.0482. The zero-order valence-corrected chi connectivity index (χ0v) is 9.03. The SMILES string of the molecule is CS(=O)(=O)NCc1ccccc1B(O)O. The maximum absolute atomic E-state index is 10.8. The summed E-state index contributed by atoms with van der Waals surface area (Å²) in [6.45, 7) is 0.0482. The molecule has 82 valence electrons. The Kier molecular flexibility index (Phi) is 3.86. The monoisotopic (exact) mass is 229 g/mol. The van der Waals surface area contributed by atoms with Gasteiger partial charge in [0.2, 0.25) is 10.0 Å². The van der Waals surface area contributed by atoms with Gasteiger partial charge in [0.25, 0.3) is 0 Å². The standard InChI is InChI=1S/C8H12BNO4S/c1-15(13,14)10-6-7-4-2-3-5-8(7)9(11)12/h2-5,10-12H,6H2,1H3. The third kappa shape index (κ3) is 4.00. The molecule has 0 amide bonds. The van der Waals surface area contributed by atoms with Gasteiger partial charge < -0.3 is 10.0 Å². The van der Waals surface area contributed by atoms with Gasteiger partial charge in [-0.1, -0.05) is 24.3 Å². The van der Waals surface area contributed by atoms with E-state index in [1.165, 1.54) is 6.07 Å². The van der Waals surface area contributed by atoms with Crippen LogP contribution in [0, 0.1) is 0 Å². The summed E-state index contributed by atoms with van der Waals surface area (Å²) in [5.41, 5.74) is 0.839. The van der Waals surface area contributed by atoms with Gasteiger partial charge >= 0.3 is 7.12 Å². The van der Waals surface area contributed by atoms with E-state index in [-0.39, 0.29) is 6.54 Å². The molecular weight excluding hydrogens is 217 g/mol. The van der Waals surface area contributed by atoms with Crippen LogP contribution in [0.5, 0.6) is 0 Å². The Labute approximate surface area is 89.0 Å². The second kappa shape index (κ2) is 4.76. The summed E-state index contributed by atoms with van der Waals surface area (Å²) in [5.74, 6) is 0. The summed E-state index contributed by atoms with van der Waals surface area (Å²) >= 11 is 0. The summed E-state index contributed by atoms with van der Waals surface area (Å²) in [4.78, 5) is 0. The van der Waals surface area contributed by atoms with Gasteiger partial charge in [-0.25, -0.2) is 13.1 Å². The molecule has 0 spiro atoms. The van der Waals surface area contributed by atoms with Crippen LogP contribution in [0.4, 0.5) is 0 Å². The third-order valence-corrected chi connectivity index (χ3v) is 2.53. The maximum atomic E-state index is 10.8. The highest BCUT2D eigenvalue weighted by Gasteiger charge is 2.15. The zero-order chi connectivity index (χ0) is 11.5. The fourth-order valence-electron chi connectivity index (χ4n) is 1.16. The average Bonchev–Trinajstić information content (AvgIpc) is 2.14. The summed E-state index contributed by atoms with van der Waals surface area (Å²) in [6.07, 6.45) is 1.05. The van der Waals surface area contributed by atoms with E-state index in [0.717, 1.165) is 6.26 Å². The van der Waals surface area contributed by atoms with Crippen molar-refractivity contribution in [3.05, 3.63) is 29.8 Å². The molecule has 0 saturated carbocycles. The van der Waals surface area contributed by atoms with Gasteiger partial charge in [0.1, 0.15) is 0 Å². The molecule has 0 aliphatic rings. The quantitative estimate of drug-likeness (QED) is 0.543. The average molecular weight is 229 g/mol. The second-order valence-corrected chi connectivity index (χ2v) is 5.00. The molecule has 1 rings (SSSR count). The van der Waals surface area contributed by atoms with Gasteiger partial charge in [-0.05, 0) is 11.0 Å². The first kappa shape index (κ1) is 12.2. The number of nitrogens with one attached hydrogen (secondary N) is 1. The van der Waals surface area contributed by atoms with Crippen molar-refractivity contribution in [2.24, 2.45) is 0 Å². The van der Waals surface area contributed by atoms with Crippen molar-refractivity contribution < 1.29 is 18.5 Å². The molecule has 0 radical (unpaired) electrons. The topological polar surface area (TPSA) is 86.6 Å². The molecule has 0 unspecified atom stereocenters. The van der Waals surface area contributed by atoms with Crippen LogP contribution in [0.2, 0.25) is 0 Å². The van der Waals surface area contributed by atoms with Gasteiger partial charge in [0.05, 0.1) is 6.26 Å². The number of benzene rings is 1. The molecule has 0 bridgehead atoms. The molecule has 1 aromatic carbocycles. The van der Waals surface area contributed by atoms with Crippen molar-refractivity contribution in [3.8, 4) is 0 Å². The molecule has 0 saturated heterocycles. The number of rotatable bonds is 4. The summed E-state index contributed by atoms with van der Waals surface area (Å²) in [5, 5.41) is 18.0. The van der Waals surface area contributed by atoms with Crippen molar-refractivity contribution in [1.82, 2.24) is 4.72 Å². The summed E-state index contributed by atoms with van der Waals surface area (Å²) in [6, 6.07) is 6.51. The molecule has 0 aliphatic heterocycles. The first-order valence-corrected chi connectivity index (χ1v) is 6.18. The van der Waals surface area contributed by atoms with E-state index < -0.39 is 17.1 Å². The predicted octanol–water partition coefficient (Wildman–Crippen LogP) is -1.58. The molecule has 0 fully saturated rings. The van der Waals surface area contributed by atoms with Crippen molar-refractivity contribution in [1.29, 1.82) is 0 Å². The Morgan fingerprint density at radius 1 is 1.33 bits per heavy atom. The minimum Gasteiger partial charge on any atom is -0.423 e. The van der Waals surface area contributed by atoms with Gasteiger partial charge in [-0.2, -0.15) is 0 Å². The minimum atomic E-state index is -3.28. The fourth-order valence-corrected chi connectivity index (χ4v) is 1.57. The molecule has 15 heavy (non-hydrogen) atoms. The van der Waals surface area contributed by atoms with Crippen LogP contribution < -0.4 is 10.2 Å². The van der Waals surface area contributed by atoms with Crippen LogP contribution in [0.15, 0.2) is 24.3 Å². The van der Waals surface area contributed by atoms with Gasteiger partial charge in [-0.15, -0.1) is 0 Å². The fraction of sp³-hybridized carbons (Fsp3) is 0.250.